The second-order valence-corrected chi connectivity index (χ2v) is 13.3. The van der Waals surface area contributed by atoms with Crippen LogP contribution in [0.15, 0.2) is 151 Å². The van der Waals surface area contributed by atoms with Crippen LogP contribution in [0, 0.1) is 11.3 Å². The molecule has 2 bridgehead atoms. The quantitative estimate of drug-likeness (QED) is 0.186. The van der Waals surface area contributed by atoms with Crippen LogP contribution < -0.4 is 0 Å². The summed E-state index contributed by atoms with van der Waals surface area (Å²) >= 11 is 0. The molecule has 5 heteroatoms. The summed E-state index contributed by atoms with van der Waals surface area (Å²) in [5, 5.41) is 8.43. The number of benzene rings is 4. The summed E-state index contributed by atoms with van der Waals surface area (Å²) < 4.78 is 0. The van der Waals surface area contributed by atoms with Crippen LogP contribution in [0.5, 0.6) is 0 Å². The largest absolute Gasteiger partial charge is 0.300 e. The fraction of sp³-hybridized carbons (Fsp3) is 0.114. The average molecular weight is 630 g/mol. The molecule has 2 aromatic heterocycles. The van der Waals surface area contributed by atoms with Crippen LogP contribution in [0.2, 0.25) is 0 Å². The molecule has 5 nitrogen and oxygen atoms in total. The van der Waals surface area contributed by atoms with Gasteiger partial charge < -0.3 is 5.41 Å². The Balaban J connectivity index is 1.02. The van der Waals surface area contributed by atoms with E-state index in [1.54, 1.807) is 11.6 Å². The van der Waals surface area contributed by atoms with E-state index in [0.717, 1.165) is 33.5 Å². The molecule has 3 unspecified atom stereocenters. The zero-order valence-corrected chi connectivity index (χ0v) is 26.9. The lowest BCUT2D eigenvalue weighted by molar-refractivity contribution is 0.370. The van der Waals surface area contributed by atoms with E-state index >= 15 is 0 Å². The molecule has 0 aliphatic heterocycles. The van der Waals surface area contributed by atoms with Gasteiger partial charge in [-0.2, -0.15) is 0 Å². The smallest absolute Gasteiger partial charge is 0.165 e. The molecule has 10 rings (SSSR count). The van der Waals surface area contributed by atoms with Crippen LogP contribution in [-0.2, 0) is 5.41 Å². The van der Waals surface area contributed by atoms with Gasteiger partial charge in [0.25, 0.3) is 0 Å². The van der Waals surface area contributed by atoms with Crippen LogP contribution >= 0.6 is 0 Å². The standard InChI is InChI=1S/C44H31N5/c1-2-10-37(45)27-13-8-14-29(23-27)42-47-41(26-11-4-3-5-12-26)48-43(49-42)30-20-22-38(46-25-30)28-19-21-36-33(24-28)40-39-31-15-6-7-17-34(31)44(36,40)35-18-9-16-32(35)39/h2-25,35,39-40,45H,1H3/b10-2-,45-37?/t35?,39?,40-,44?/m0/s1. The van der Waals surface area contributed by atoms with Gasteiger partial charge in [-0.25, -0.2) is 15.0 Å². The molecule has 6 aromatic rings. The SMILES string of the molecule is C/C=C\C(=N)c1cccc(-c2nc(-c3ccccc3)nc(-c3ccc(-c4ccc5c(c4)[C@H]4C6C7=CC=CC7C54c4ccccc46)nc3)n2)c1. The first-order chi connectivity index (χ1) is 24.1. The van der Waals surface area contributed by atoms with Crippen LogP contribution in [0.4, 0.5) is 0 Å². The highest BCUT2D eigenvalue weighted by molar-refractivity contribution is 6.07. The lowest BCUT2D eigenvalue weighted by atomic mass is 9.53. The Kier molecular flexibility index (Phi) is 5.98. The van der Waals surface area contributed by atoms with Crippen molar-refractivity contribution in [3.8, 4) is 45.4 Å². The van der Waals surface area contributed by atoms with E-state index in [1.807, 2.05) is 73.8 Å². The number of aromatic nitrogens is 4. The van der Waals surface area contributed by atoms with Crippen molar-refractivity contribution in [1.82, 2.24) is 19.9 Å². The van der Waals surface area contributed by atoms with Crippen molar-refractivity contribution < 1.29 is 0 Å². The van der Waals surface area contributed by atoms with E-state index in [9.17, 15) is 0 Å². The highest BCUT2D eigenvalue weighted by Crippen LogP contribution is 2.79. The molecule has 1 N–H and O–H groups in total. The Bertz CT molecular complexity index is 2440. The predicted octanol–water partition coefficient (Wildman–Crippen LogP) is 9.49. The molecule has 0 spiro atoms. The second kappa shape index (κ2) is 10.5. The average Bonchev–Trinajstić information content (AvgIpc) is 3.81. The minimum atomic E-state index is 0.0740. The van der Waals surface area contributed by atoms with Crippen molar-refractivity contribution in [2.45, 2.75) is 24.2 Å². The number of nitrogens with one attached hydrogen (secondary N) is 1. The summed E-state index contributed by atoms with van der Waals surface area (Å²) in [6.45, 7) is 1.91. The van der Waals surface area contributed by atoms with Crippen LogP contribution in [0.25, 0.3) is 45.4 Å². The summed E-state index contributed by atoms with van der Waals surface area (Å²) in [4.78, 5) is 19.7. The first-order valence-corrected chi connectivity index (χ1v) is 16.9. The third-order valence-electron chi connectivity index (χ3n) is 10.9. The highest BCUT2D eigenvalue weighted by Gasteiger charge is 2.71. The van der Waals surface area contributed by atoms with Crippen LogP contribution in [-0.4, -0.2) is 25.6 Å². The molecule has 1 fully saturated rings. The number of hydrogen-bond acceptors (Lipinski definition) is 5. The molecule has 4 aliphatic carbocycles. The Labute approximate surface area is 285 Å². The fourth-order valence-corrected chi connectivity index (χ4v) is 9.01. The summed E-state index contributed by atoms with van der Waals surface area (Å²) in [6.07, 6.45) is 12.6. The number of pyridine rings is 1. The van der Waals surface area contributed by atoms with Crippen LogP contribution in [0.3, 0.4) is 0 Å². The van der Waals surface area contributed by atoms with E-state index < -0.39 is 0 Å². The molecule has 1 saturated carbocycles. The van der Waals surface area contributed by atoms with Crippen molar-refractivity contribution in [2.24, 2.45) is 5.92 Å². The lowest BCUT2D eigenvalue weighted by Gasteiger charge is -2.48. The summed E-state index contributed by atoms with van der Waals surface area (Å²) in [5.41, 5.74) is 13.5. The van der Waals surface area contributed by atoms with Gasteiger partial charge in [-0.3, -0.25) is 4.98 Å². The van der Waals surface area contributed by atoms with Crippen molar-refractivity contribution in [1.29, 1.82) is 5.41 Å². The van der Waals surface area contributed by atoms with Crippen molar-refractivity contribution >= 4 is 5.71 Å². The number of nitrogens with zero attached hydrogens (tertiary/aromatic N) is 4. The predicted molar refractivity (Wildman–Crippen MR) is 194 cm³/mol. The summed E-state index contributed by atoms with van der Waals surface area (Å²) in [5.74, 6) is 3.13. The molecule has 49 heavy (non-hydrogen) atoms. The van der Waals surface area contributed by atoms with Gasteiger partial charge in [-0.1, -0.05) is 115 Å². The molecule has 4 aromatic carbocycles. The normalized spacial score (nSPS) is 21.9. The maximum absolute atomic E-state index is 8.43. The third kappa shape index (κ3) is 3.90. The van der Waals surface area contributed by atoms with Gasteiger partial charge in [0.2, 0.25) is 0 Å². The van der Waals surface area contributed by atoms with Gasteiger partial charge >= 0.3 is 0 Å². The van der Waals surface area contributed by atoms with Gasteiger partial charge in [0.15, 0.2) is 17.5 Å². The first-order valence-electron chi connectivity index (χ1n) is 16.9. The molecule has 4 atom stereocenters. The van der Waals surface area contributed by atoms with E-state index in [2.05, 4.69) is 72.8 Å². The van der Waals surface area contributed by atoms with Gasteiger partial charge in [-0.15, -0.1) is 0 Å². The van der Waals surface area contributed by atoms with E-state index in [0.29, 0.717) is 40.9 Å². The molecule has 0 amide bonds. The van der Waals surface area contributed by atoms with E-state index in [4.69, 9.17) is 25.3 Å². The Morgan fingerprint density at radius 2 is 1.43 bits per heavy atom. The fourth-order valence-electron chi connectivity index (χ4n) is 9.01. The topological polar surface area (TPSA) is 75.4 Å². The third-order valence-corrected chi connectivity index (χ3v) is 10.9. The second-order valence-electron chi connectivity index (χ2n) is 13.3. The minimum Gasteiger partial charge on any atom is -0.300 e. The van der Waals surface area contributed by atoms with Crippen molar-refractivity contribution in [3.05, 3.63) is 179 Å². The van der Waals surface area contributed by atoms with Crippen LogP contribution in [0.1, 0.15) is 46.6 Å². The zero-order valence-electron chi connectivity index (χ0n) is 26.9. The minimum absolute atomic E-state index is 0.0740. The maximum atomic E-state index is 8.43. The molecule has 0 radical (unpaired) electrons. The monoisotopic (exact) mass is 629 g/mol. The number of allylic oxidation sites excluding steroid dienone is 6. The summed E-state index contributed by atoms with van der Waals surface area (Å²) in [6, 6.07) is 38.0. The van der Waals surface area contributed by atoms with Gasteiger partial charge in [0, 0.05) is 57.2 Å². The molecular weight excluding hydrogens is 599 g/mol. The van der Waals surface area contributed by atoms with Gasteiger partial charge in [0.05, 0.1) is 11.4 Å². The van der Waals surface area contributed by atoms with Crippen molar-refractivity contribution in [3.63, 3.8) is 0 Å². The number of fused-ring (bicyclic) bond motifs is 5. The summed E-state index contributed by atoms with van der Waals surface area (Å²) in [7, 11) is 0. The first kappa shape index (κ1) is 28.0. The Morgan fingerprint density at radius 3 is 2.24 bits per heavy atom. The van der Waals surface area contributed by atoms with E-state index in [-0.39, 0.29) is 5.41 Å². The molecule has 2 heterocycles. The van der Waals surface area contributed by atoms with Gasteiger partial charge in [0.1, 0.15) is 0 Å². The Morgan fingerprint density at radius 1 is 0.694 bits per heavy atom. The lowest BCUT2D eigenvalue weighted by Crippen LogP contribution is -2.43. The molecule has 4 aliphatic rings. The van der Waals surface area contributed by atoms with Crippen molar-refractivity contribution in [2.75, 3.05) is 0 Å². The molecular formula is C44H31N5. The van der Waals surface area contributed by atoms with Gasteiger partial charge in [-0.05, 0) is 59.5 Å². The highest BCUT2D eigenvalue weighted by atomic mass is 15.0. The van der Waals surface area contributed by atoms with E-state index in [1.165, 1.54) is 22.3 Å². The number of rotatable bonds is 6. The molecule has 0 saturated heterocycles. The maximum Gasteiger partial charge on any atom is 0.165 e. The zero-order chi connectivity index (χ0) is 32.7. The number of hydrogen-bond donors (Lipinski definition) is 1. The Hall–Kier alpha value is -6.07. The molecule has 232 valence electrons.